The molecule has 0 spiro atoms. The van der Waals surface area contributed by atoms with E-state index in [1.54, 1.807) is 29.2 Å². The number of carbonyl (C=O) groups is 1. The van der Waals surface area contributed by atoms with Gasteiger partial charge in [0.25, 0.3) is 0 Å². The normalized spacial score (nSPS) is 11.6. The number of nitrogens with zero attached hydrogens (tertiary/aromatic N) is 2. The highest BCUT2D eigenvalue weighted by Gasteiger charge is 2.27. The van der Waals surface area contributed by atoms with Crippen LogP contribution in [0.4, 0.5) is 0 Å². The summed E-state index contributed by atoms with van der Waals surface area (Å²) in [6, 6.07) is 22.2. The lowest BCUT2D eigenvalue weighted by Crippen LogP contribution is -2.44. The minimum Gasteiger partial charge on any atom is -0.464 e. The summed E-state index contributed by atoms with van der Waals surface area (Å²) in [5.74, 6) is 0.915. The molecule has 0 saturated heterocycles. The first-order chi connectivity index (χ1) is 15.9. The van der Waals surface area contributed by atoms with Crippen molar-refractivity contribution in [1.29, 1.82) is 0 Å². The van der Waals surface area contributed by atoms with Crippen LogP contribution in [0, 0.1) is 6.92 Å². The molecule has 0 bridgehead atoms. The Labute approximate surface area is 195 Å². The minimum absolute atomic E-state index is 0.0937. The van der Waals surface area contributed by atoms with Gasteiger partial charge < -0.3 is 14.1 Å². The number of amides is 1. The maximum absolute atomic E-state index is 13.4. The second-order valence-electron chi connectivity index (χ2n) is 7.82. The van der Waals surface area contributed by atoms with Gasteiger partial charge in [-0.15, -0.1) is 0 Å². The molecular weight excluding hydrogens is 440 g/mol. The van der Waals surface area contributed by atoms with Gasteiger partial charge in [0.2, 0.25) is 15.9 Å². The largest absolute Gasteiger partial charge is 0.464 e. The highest BCUT2D eigenvalue weighted by atomic mass is 32.2. The standard InChI is InChI=1S/C25H30N2O5S/c1-21-13-14-24(32-21)18-26(17-22-9-5-3-6-10-22)25(28)19-27(15-16-31-2)33(29,30)20-23-11-7-4-8-12-23/h3-14H,15-20H2,1-2H3. The number of aryl methyl sites for hydroxylation is 1. The van der Waals surface area contributed by atoms with E-state index in [-0.39, 0.29) is 37.9 Å². The van der Waals surface area contributed by atoms with Crippen LogP contribution < -0.4 is 0 Å². The van der Waals surface area contributed by atoms with E-state index in [2.05, 4.69) is 0 Å². The Morgan fingerprint density at radius 3 is 2.12 bits per heavy atom. The molecule has 8 heteroatoms. The molecule has 1 amide bonds. The van der Waals surface area contributed by atoms with Crippen LogP contribution in [-0.4, -0.2) is 50.3 Å². The van der Waals surface area contributed by atoms with Crippen LogP contribution in [0.1, 0.15) is 22.6 Å². The maximum atomic E-state index is 13.4. The van der Waals surface area contributed by atoms with Crippen LogP contribution in [0.15, 0.2) is 77.2 Å². The summed E-state index contributed by atoms with van der Waals surface area (Å²) in [5, 5.41) is 0. The molecule has 1 aromatic heterocycles. The monoisotopic (exact) mass is 470 g/mol. The molecule has 1 heterocycles. The van der Waals surface area contributed by atoms with Crippen LogP contribution in [0.2, 0.25) is 0 Å². The second-order valence-corrected chi connectivity index (χ2v) is 9.78. The number of rotatable bonds is 12. The first kappa shape index (κ1) is 24.7. The van der Waals surface area contributed by atoms with Crippen molar-refractivity contribution in [2.75, 3.05) is 26.8 Å². The highest BCUT2D eigenvalue weighted by Crippen LogP contribution is 2.16. The van der Waals surface area contributed by atoms with E-state index in [1.165, 1.54) is 11.4 Å². The Bertz CT molecular complexity index is 1110. The quantitative estimate of drug-likeness (QED) is 0.404. The summed E-state index contributed by atoms with van der Waals surface area (Å²) in [7, 11) is -2.23. The molecule has 33 heavy (non-hydrogen) atoms. The lowest BCUT2D eigenvalue weighted by atomic mass is 10.2. The van der Waals surface area contributed by atoms with E-state index in [0.717, 1.165) is 11.3 Å². The Balaban J connectivity index is 1.80. The number of carbonyl (C=O) groups excluding carboxylic acids is 1. The fourth-order valence-corrected chi connectivity index (χ4v) is 4.89. The van der Waals surface area contributed by atoms with Crippen molar-refractivity contribution in [3.8, 4) is 0 Å². The van der Waals surface area contributed by atoms with E-state index in [4.69, 9.17) is 9.15 Å². The molecule has 0 radical (unpaired) electrons. The van der Waals surface area contributed by atoms with Gasteiger partial charge in [0.05, 0.1) is 25.4 Å². The van der Waals surface area contributed by atoms with E-state index in [1.807, 2.05) is 55.5 Å². The number of hydrogen-bond donors (Lipinski definition) is 0. The molecule has 0 aliphatic rings. The molecule has 3 rings (SSSR count). The maximum Gasteiger partial charge on any atom is 0.238 e. The fraction of sp³-hybridized carbons (Fsp3) is 0.320. The third-order valence-electron chi connectivity index (χ3n) is 5.15. The zero-order chi connectivity index (χ0) is 23.7. The van der Waals surface area contributed by atoms with E-state index in [0.29, 0.717) is 17.9 Å². The van der Waals surface area contributed by atoms with Crippen LogP contribution in [0.3, 0.4) is 0 Å². The van der Waals surface area contributed by atoms with Gasteiger partial charge in [-0.05, 0) is 30.2 Å². The van der Waals surface area contributed by atoms with Gasteiger partial charge in [0.1, 0.15) is 11.5 Å². The van der Waals surface area contributed by atoms with Crippen molar-refractivity contribution >= 4 is 15.9 Å². The molecule has 0 saturated carbocycles. The van der Waals surface area contributed by atoms with Gasteiger partial charge in [-0.1, -0.05) is 60.7 Å². The number of ether oxygens (including phenoxy) is 1. The Hall–Kier alpha value is -2.94. The molecule has 2 aromatic carbocycles. The second kappa shape index (κ2) is 11.8. The van der Waals surface area contributed by atoms with Gasteiger partial charge >= 0.3 is 0 Å². The van der Waals surface area contributed by atoms with Crippen LogP contribution >= 0.6 is 0 Å². The SMILES string of the molecule is COCCN(CC(=O)N(Cc1ccccc1)Cc1ccc(C)o1)S(=O)(=O)Cc1ccccc1. The highest BCUT2D eigenvalue weighted by molar-refractivity contribution is 7.88. The Morgan fingerprint density at radius 2 is 1.55 bits per heavy atom. The van der Waals surface area contributed by atoms with Crippen LogP contribution in [-0.2, 0) is 38.4 Å². The Morgan fingerprint density at radius 1 is 0.909 bits per heavy atom. The molecule has 0 aliphatic carbocycles. The first-order valence-electron chi connectivity index (χ1n) is 10.7. The summed E-state index contributed by atoms with van der Waals surface area (Å²) in [6.45, 7) is 2.45. The van der Waals surface area contributed by atoms with Crippen molar-refractivity contribution in [2.45, 2.75) is 25.8 Å². The number of hydrogen-bond acceptors (Lipinski definition) is 5. The third kappa shape index (κ3) is 7.56. The zero-order valence-electron chi connectivity index (χ0n) is 19.0. The van der Waals surface area contributed by atoms with Crippen molar-refractivity contribution in [1.82, 2.24) is 9.21 Å². The molecule has 3 aromatic rings. The lowest BCUT2D eigenvalue weighted by molar-refractivity contribution is -0.133. The number of furan rings is 1. The summed E-state index contributed by atoms with van der Waals surface area (Å²) in [6.07, 6.45) is 0. The van der Waals surface area contributed by atoms with Gasteiger partial charge in [0, 0.05) is 20.2 Å². The number of methoxy groups -OCH3 is 1. The molecule has 0 aliphatic heterocycles. The molecule has 0 fully saturated rings. The Kier molecular flexibility index (Phi) is 8.82. The van der Waals surface area contributed by atoms with Crippen molar-refractivity contribution in [3.05, 3.63) is 95.4 Å². The number of sulfonamides is 1. The van der Waals surface area contributed by atoms with Crippen molar-refractivity contribution in [3.63, 3.8) is 0 Å². The lowest BCUT2D eigenvalue weighted by Gasteiger charge is -2.27. The smallest absolute Gasteiger partial charge is 0.238 e. The summed E-state index contributed by atoms with van der Waals surface area (Å²) in [5.41, 5.74) is 1.62. The van der Waals surface area contributed by atoms with E-state index >= 15 is 0 Å². The summed E-state index contributed by atoms with van der Waals surface area (Å²) in [4.78, 5) is 15.0. The predicted octanol–water partition coefficient (Wildman–Crippen LogP) is 3.60. The average molecular weight is 471 g/mol. The summed E-state index contributed by atoms with van der Waals surface area (Å²) < 4.78 is 38.3. The number of benzene rings is 2. The van der Waals surface area contributed by atoms with Gasteiger partial charge in [-0.3, -0.25) is 4.79 Å². The fourth-order valence-electron chi connectivity index (χ4n) is 3.43. The van der Waals surface area contributed by atoms with Gasteiger partial charge in [-0.2, -0.15) is 4.31 Å². The van der Waals surface area contributed by atoms with E-state index in [9.17, 15) is 13.2 Å². The zero-order valence-corrected chi connectivity index (χ0v) is 19.8. The van der Waals surface area contributed by atoms with Gasteiger partial charge in [0.15, 0.2) is 0 Å². The molecular formula is C25H30N2O5S. The van der Waals surface area contributed by atoms with Crippen molar-refractivity contribution < 1.29 is 22.4 Å². The molecule has 7 nitrogen and oxygen atoms in total. The predicted molar refractivity (Wildman–Crippen MR) is 127 cm³/mol. The summed E-state index contributed by atoms with van der Waals surface area (Å²) >= 11 is 0. The topological polar surface area (TPSA) is 80.1 Å². The van der Waals surface area contributed by atoms with Crippen LogP contribution in [0.25, 0.3) is 0 Å². The molecule has 176 valence electrons. The molecule has 0 unspecified atom stereocenters. The van der Waals surface area contributed by atoms with Crippen LogP contribution in [0.5, 0.6) is 0 Å². The van der Waals surface area contributed by atoms with E-state index < -0.39 is 10.0 Å². The first-order valence-corrected chi connectivity index (χ1v) is 12.4. The third-order valence-corrected chi connectivity index (χ3v) is 6.95. The molecule has 0 N–H and O–H groups in total. The minimum atomic E-state index is -3.74. The average Bonchev–Trinajstić information content (AvgIpc) is 3.21. The van der Waals surface area contributed by atoms with Gasteiger partial charge in [-0.25, -0.2) is 8.42 Å². The van der Waals surface area contributed by atoms with Crippen molar-refractivity contribution in [2.24, 2.45) is 0 Å². The molecule has 0 atom stereocenters.